The van der Waals surface area contributed by atoms with Gasteiger partial charge in [0.1, 0.15) is 0 Å². The zero-order valence-electron chi connectivity index (χ0n) is 17.2. The Labute approximate surface area is 182 Å². The molecule has 4 rings (SSSR count). The third-order valence-electron chi connectivity index (χ3n) is 5.92. The molecule has 2 aromatic rings. The first-order valence-electron chi connectivity index (χ1n) is 10.4. The average Bonchev–Trinajstić information content (AvgIpc) is 3.19. The van der Waals surface area contributed by atoms with Gasteiger partial charge in [0.25, 0.3) is 0 Å². The highest BCUT2D eigenvalue weighted by Crippen LogP contribution is 2.23. The van der Waals surface area contributed by atoms with Gasteiger partial charge in [-0.3, -0.25) is 9.69 Å². The Hall–Kier alpha value is -1.81. The summed E-state index contributed by atoms with van der Waals surface area (Å²) in [6.07, 6.45) is 1.70. The van der Waals surface area contributed by atoms with Crippen LogP contribution in [0.3, 0.4) is 0 Å². The number of benzene rings is 1. The number of sulfonamides is 1. The number of amides is 1. The number of piperazine rings is 1. The van der Waals surface area contributed by atoms with Crippen molar-refractivity contribution in [2.45, 2.75) is 31.2 Å². The normalized spacial score (nSPS) is 19.8. The summed E-state index contributed by atoms with van der Waals surface area (Å²) < 4.78 is 27.0. The summed E-state index contributed by atoms with van der Waals surface area (Å²) in [5, 5.41) is 3.19. The van der Waals surface area contributed by atoms with Crippen LogP contribution in [0.15, 0.2) is 40.6 Å². The Morgan fingerprint density at radius 2 is 1.73 bits per heavy atom. The molecular weight excluding hydrogens is 420 g/mol. The van der Waals surface area contributed by atoms with Crippen molar-refractivity contribution in [2.75, 3.05) is 39.3 Å². The van der Waals surface area contributed by atoms with E-state index in [-0.39, 0.29) is 11.8 Å². The van der Waals surface area contributed by atoms with E-state index in [0.717, 1.165) is 43.2 Å². The van der Waals surface area contributed by atoms with E-state index in [4.69, 9.17) is 0 Å². The number of rotatable bonds is 5. The third-order valence-corrected chi connectivity index (χ3v) is 8.66. The molecule has 2 fully saturated rings. The van der Waals surface area contributed by atoms with Gasteiger partial charge in [-0.2, -0.15) is 4.31 Å². The number of carbonyl (C=O) groups excluding carboxylic acids is 1. The van der Waals surface area contributed by atoms with Crippen LogP contribution in [0.4, 0.5) is 0 Å². The van der Waals surface area contributed by atoms with Gasteiger partial charge in [0.15, 0.2) is 0 Å². The van der Waals surface area contributed by atoms with Crippen LogP contribution in [-0.4, -0.2) is 72.7 Å². The first-order chi connectivity index (χ1) is 14.4. The van der Waals surface area contributed by atoms with Gasteiger partial charge in [-0.15, -0.1) is 11.3 Å². The lowest BCUT2D eigenvalue weighted by molar-refractivity contribution is -0.138. The molecule has 0 atom stereocenters. The van der Waals surface area contributed by atoms with Gasteiger partial charge in [0.05, 0.1) is 15.6 Å². The van der Waals surface area contributed by atoms with Crippen molar-refractivity contribution < 1.29 is 13.2 Å². The number of hydrogen-bond donors (Lipinski definition) is 0. The van der Waals surface area contributed by atoms with E-state index in [1.807, 2.05) is 11.8 Å². The fourth-order valence-electron chi connectivity index (χ4n) is 4.20. The first kappa shape index (κ1) is 21.4. The predicted molar refractivity (Wildman–Crippen MR) is 117 cm³/mol. The zero-order chi connectivity index (χ0) is 21.1. The highest BCUT2D eigenvalue weighted by molar-refractivity contribution is 7.89. The average molecular weight is 449 g/mol. The van der Waals surface area contributed by atoms with Crippen LogP contribution in [0.2, 0.25) is 0 Å². The van der Waals surface area contributed by atoms with Crippen molar-refractivity contribution >= 4 is 27.3 Å². The van der Waals surface area contributed by atoms with Crippen molar-refractivity contribution in [3.05, 3.63) is 46.4 Å². The summed E-state index contributed by atoms with van der Waals surface area (Å²) in [6, 6.07) is 8.50. The molecule has 0 N–H and O–H groups in total. The molecule has 0 aliphatic carbocycles. The maximum absolute atomic E-state index is 13.0. The lowest BCUT2D eigenvalue weighted by Gasteiger charge is -2.38. The van der Waals surface area contributed by atoms with Crippen LogP contribution in [0.25, 0.3) is 0 Å². The Kier molecular flexibility index (Phi) is 6.52. The standard InChI is InChI=1S/C21H28N4O3S2/c1-17-22-19(16-29-17)15-23-9-7-18(8-10-23)21(26)24-11-13-25(14-12-24)30(27,28)20-5-3-2-4-6-20/h2-6,16,18H,7-15H2,1H3. The van der Waals surface area contributed by atoms with Crippen molar-refractivity contribution in [1.29, 1.82) is 0 Å². The largest absolute Gasteiger partial charge is 0.340 e. The van der Waals surface area contributed by atoms with Gasteiger partial charge >= 0.3 is 0 Å². The highest BCUT2D eigenvalue weighted by atomic mass is 32.2. The number of likely N-dealkylation sites (tertiary alicyclic amines) is 1. The zero-order valence-corrected chi connectivity index (χ0v) is 18.9. The van der Waals surface area contributed by atoms with Crippen LogP contribution >= 0.6 is 11.3 Å². The SMILES string of the molecule is Cc1nc(CN2CCC(C(=O)N3CCN(S(=O)(=O)c4ccccc4)CC3)CC2)cs1. The second kappa shape index (κ2) is 9.13. The van der Waals surface area contributed by atoms with Gasteiger partial charge in [-0.05, 0) is 45.0 Å². The second-order valence-electron chi connectivity index (χ2n) is 7.95. The first-order valence-corrected chi connectivity index (χ1v) is 12.7. The van der Waals surface area contributed by atoms with Gasteiger partial charge in [-0.25, -0.2) is 13.4 Å². The Morgan fingerprint density at radius 3 is 2.33 bits per heavy atom. The summed E-state index contributed by atoms with van der Waals surface area (Å²) in [5.41, 5.74) is 1.11. The minimum absolute atomic E-state index is 0.0377. The molecule has 7 nitrogen and oxygen atoms in total. The number of aryl methyl sites for hydroxylation is 1. The quantitative estimate of drug-likeness (QED) is 0.701. The summed E-state index contributed by atoms with van der Waals surface area (Å²) >= 11 is 1.67. The maximum atomic E-state index is 13.0. The minimum Gasteiger partial charge on any atom is -0.340 e. The molecular formula is C21H28N4O3S2. The van der Waals surface area contributed by atoms with E-state index in [1.54, 1.807) is 41.7 Å². The van der Waals surface area contributed by atoms with Gasteiger partial charge in [0, 0.05) is 44.0 Å². The lowest BCUT2D eigenvalue weighted by Crippen LogP contribution is -2.52. The smallest absolute Gasteiger partial charge is 0.243 e. The fraction of sp³-hybridized carbons (Fsp3) is 0.524. The van der Waals surface area contributed by atoms with Crippen LogP contribution in [0, 0.1) is 12.8 Å². The number of piperidine rings is 1. The number of aromatic nitrogens is 1. The van der Waals surface area contributed by atoms with Crippen molar-refractivity contribution in [2.24, 2.45) is 5.92 Å². The van der Waals surface area contributed by atoms with Crippen LogP contribution < -0.4 is 0 Å². The molecule has 0 saturated carbocycles. The molecule has 1 amide bonds. The molecule has 0 spiro atoms. The Morgan fingerprint density at radius 1 is 1.07 bits per heavy atom. The summed E-state index contributed by atoms with van der Waals surface area (Å²) in [4.78, 5) is 22.0. The van der Waals surface area contributed by atoms with Crippen LogP contribution in [0.1, 0.15) is 23.5 Å². The number of nitrogens with zero attached hydrogens (tertiary/aromatic N) is 4. The minimum atomic E-state index is -3.49. The number of thiazole rings is 1. The molecule has 1 aromatic carbocycles. The van der Waals surface area contributed by atoms with E-state index in [1.165, 1.54) is 4.31 Å². The van der Waals surface area contributed by atoms with Crippen molar-refractivity contribution in [3.8, 4) is 0 Å². The van der Waals surface area contributed by atoms with E-state index in [0.29, 0.717) is 31.1 Å². The lowest BCUT2D eigenvalue weighted by atomic mass is 9.95. The monoisotopic (exact) mass is 448 g/mol. The van der Waals surface area contributed by atoms with Gasteiger partial charge in [0.2, 0.25) is 15.9 Å². The van der Waals surface area contributed by atoms with Crippen molar-refractivity contribution in [3.63, 3.8) is 0 Å². The summed E-state index contributed by atoms with van der Waals surface area (Å²) in [7, 11) is -3.49. The predicted octanol–water partition coefficient (Wildman–Crippen LogP) is 2.20. The van der Waals surface area contributed by atoms with Gasteiger partial charge < -0.3 is 4.90 Å². The summed E-state index contributed by atoms with van der Waals surface area (Å²) in [6.45, 7) is 6.29. The molecule has 162 valence electrons. The molecule has 1 aromatic heterocycles. The second-order valence-corrected chi connectivity index (χ2v) is 11.0. The van der Waals surface area contributed by atoms with Crippen LogP contribution in [0.5, 0.6) is 0 Å². The molecule has 2 aliphatic heterocycles. The Balaban J connectivity index is 1.27. The van der Waals surface area contributed by atoms with Crippen LogP contribution in [-0.2, 0) is 21.4 Å². The van der Waals surface area contributed by atoms with Crippen molar-refractivity contribution in [1.82, 2.24) is 19.1 Å². The maximum Gasteiger partial charge on any atom is 0.243 e. The molecule has 0 unspecified atom stereocenters. The highest BCUT2D eigenvalue weighted by Gasteiger charge is 2.33. The third kappa shape index (κ3) is 4.74. The van der Waals surface area contributed by atoms with E-state index >= 15 is 0 Å². The van der Waals surface area contributed by atoms with E-state index in [2.05, 4.69) is 15.3 Å². The number of carbonyl (C=O) groups is 1. The van der Waals surface area contributed by atoms with E-state index < -0.39 is 10.0 Å². The molecule has 9 heteroatoms. The summed E-state index contributed by atoms with van der Waals surface area (Å²) in [5.74, 6) is 0.214. The van der Waals surface area contributed by atoms with E-state index in [9.17, 15) is 13.2 Å². The fourth-order valence-corrected chi connectivity index (χ4v) is 6.24. The topological polar surface area (TPSA) is 73.8 Å². The molecule has 30 heavy (non-hydrogen) atoms. The van der Waals surface area contributed by atoms with Gasteiger partial charge in [-0.1, -0.05) is 18.2 Å². The number of hydrogen-bond acceptors (Lipinski definition) is 6. The molecule has 2 aliphatic rings. The molecule has 2 saturated heterocycles. The molecule has 0 bridgehead atoms. The Bertz CT molecular complexity index is 961. The molecule has 3 heterocycles. The molecule has 0 radical (unpaired) electrons.